The van der Waals surface area contributed by atoms with Crippen LogP contribution < -0.4 is 10.5 Å². The average Bonchev–Trinajstić information content (AvgIpc) is 2.38. The molecule has 0 aliphatic rings. The summed E-state index contributed by atoms with van der Waals surface area (Å²) in [5.74, 6) is -0.225. The van der Waals surface area contributed by atoms with E-state index >= 15 is 0 Å². The van der Waals surface area contributed by atoms with Gasteiger partial charge in [0, 0.05) is 17.2 Å². The van der Waals surface area contributed by atoms with Crippen LogP contribution in [0.25, 0.3) is 0 Å². The minimum absolute atomic E-state index is 0.0814. The van der Waals surface area contributed by atoms with Gasteiger partial charge in [-0.3, -0.25) is 0 Å². The summed E-state index contributed by atoms with van der Waals surface area (Å²) in [6.45, 7) is 1.82. The van der Waals surface area contributed by atoms with Crippen molar-refractivity contribution in [3.63, 3.8) is 0 Å². The standard InChI is InChI=1S/C15H15F2NO/c1-10(18)13-8-12(16)6-7-15(13)19-9-11-4-2-3-5-14(11)17/h2-8,10H,9,18H2,1H3/t10-/m0/s1. The van der Waals surface area contributed by atoms with Gasteiger partial charge in [-0.2, -0.15) is 0 Å². The fourth-order valence-corrected chi connectivity index (χ4v) is 1.78. The first kappa shape index (κ1) is 13.5. The van der Waals surface area contributed by atoms with Gasteiger partial charge < -0.3 is 10.5 Å². The number of nitrogens with two attached hydrogens (primary N) is 1. The van der Waals surface area contributed by atoms with E-state index in [0.29, 0.717) is 16.9 Å². The maximum atomic E-state index is 13.5. The molecule has 0 unspecified atom stereocenters. The Morgan fingerprint density at radius 1 is 1.16 bits per heavy atom. The Kier molecular flexibility index (Phi) is 4.12. The highest BCUT2D eigenvalue weighted by molar-refractivity contribution is 5.36. The second-order valence-electron chi connectivity index (χ2n) is 4.35. The van der Waals surface area contributed by atoms with Crippen LogP contribution >= 0.6 is 0 Å². The molecule has 2 rings (SSSR count). The molecule has 0 bridgehead atoms. The fourth-order valence-electron chi connectivity index (χ4n) is 1.78. The van der Waals surface area contributed by atoms with Gasteiger partial charge in [-0.05, 0) is 31.2 Å². The van der Waals surface area contributed by atoms with Crippen LogP contribution in [0.15, 0.2) is 42.5 Å². The number of ether oxygens (including phenoxy) is 1. The molecule has 0 saturated heterocycles. The first-order chi connectivity index (χ1) is 9.08. The highest BCUT2D eigenvalue weighted by atomic mass is 19.1. The first-order valence-electron chi connectivity index (χ1n) is 5.99. The molecule has 0 radical (unpaired) electrons. The summed E-state index contributed by atoms with van der Waals surface area (Å²) in [7, 11) is 0. The van der Waals surface area contributed by atoms with Crippen LogP contribution in [-0.4, -0.2) is 0 Å². The van der Waals surface area contributed by atoms with Gasteiger partial charge in [-0.25, -0.2) is 8.78 Å². The largest absolute Gasteiger partial charge is 0.488 e. The first-order valence-corrected chi connectivity index (χ1v) is 5.99. The lowest BCUT2D eigenvalue weighted by atomic mass is 10.1. The van der Waals surface area contributed by atoms with Crippen LogP contribution in [-0.2, 0) is 6.61 Å². The van der Waals surface area contributed by atoms with E-state index < -0.39 is 0 Å². The van der Waals surface area contributed by atoms with Crippen molar-refractivity contribution in [1.82, 2.24) is 0 Å². The summed E-state index contributed by atoms with van der Waals surface area (Å²) in [5.41, 5.74) is 6.77. The second kappa shape index (κ2) is 5.80. The van der Waals surface area contributed by atoms with E-state index in [4.69, 9.17) is 10.5 Å². The molecule has 0 saturated carbocycles. The van der Waals surface area contributed by atoms with Crippen molar-refractivity contribution in [3.8, 4) is 5.75 Å². The van der Waals surface area contributed by atoms with Crippen LogP contribution in [0, 0.1) is 11.6 Å². The highest BCUT2D eigenvalue weighted by Crippen LogP contribution is 2.25. The summed E-state index contributed by atoms with van der Waals surface area (Å²) in [4.78, 5) is 0. The van der Waals surface area contributed by atoms with Crippen LogP contribution in [0.5, 0.6) is 5.75 Å². The summed E-state index contributed by atoms with van der Waals surface area (Å²) in [6, 6.07) is 10.1. The maximum Gasteiger partial charge on any atom is 0.129 e. The normalized spacial score (nSPS) is 12.2. The molecule has 1 atom stereocenters. The van der Waals surface area contributed by atoms with Crippen LogP contribution in [0.4, 0.5) is 8.78 Å². The number of hydrogen-bond acceptors (Lipinski definition) is 2. The molecular formula is C15H15F2NO. The fraction of sp³-hybridized carbons (Fsp3) is 0.200. The van der Waals surface area contributed by atoms with E-state index in [1.165, 1.54) is 24.3 Å². The smallest absolute Gasteiger partial charge is 0.129 e. The van der Waals surface area contributed by atoms with Gasteiger partial charge >= 0.3 is 0 Å². The SMILES string of the molecule is C[C@H](N)c1cc(F)ccc1OCc1ccccc1F. The molecular weight excluding hydrogens is 248 g/mol. The van der Waals surface area contributed by atoms with Crippen molar-refractivity contribution in [1.29, 1.82) is 0 Å². The summed E-state index contributed by atoms with van der Waals surface area (Å²) in [6.07, 6.45) is 0. The van der Waals surface area contributed by atoms with Crippen LogP contribution in [0.2, 0.25) is 0 Å². The third kappa shape index (κ3) is 3.29. The summed E-state index contributed by atoms with van der Waals surface area (Å²) >= 11 is 0. The second-order valence-corrected chi connectivity index (χ2v) is 4.35. The molecule has 4 heteroatoms. The molecule has 0 aliphatic carbocycles. The van der Waals surface area contributed by atoms with Gasteiger partial charge in [0.1, 0.15) is 24.0 Å². The minimum Gasteiger partial charge on any atom is -0.488 e. The molecule has 19 heavy (non-hydrogen) atoms. The lowest BCUT2D eigenvalue weighted by Crippen LogP contribution is -2.09. The third-order valence-electron chi connectivity index (χ3n) is 2.80. The molecule has 0 heterocycles. The Bertz CT molecular complexity index is 570. The van der Waals surface area contributed by atoms with E-state index in [-0.39, 0.29) is 24.3 Å². The van der Waals surface area contributed by atoms with Crippen molar-refractivity contribution < 1.29 is 13.5 Å². The van der Waals surface area contributed by atoms with Gasteiger partial charge in [-0.15, -0.1) is 0 Å². The van der Waals surface area contributed by atoms with Gasteiger partial charge in [0.15, 0.2) is 0 Å². The zero-order valence-corrected chi connectivity index (χ0v) is 10.6. The van der Waals surface area contributed by atoms with Gasteiger partial charge in [-0.1, -0.05) is 18.2 Å². The van der Waals surface area contributed by atoms with Crippen molar-refractivity contribution in [2.24, 2.45) is 5.73 Å². The highest BCUT2D eigenvalue weighted by Gasteiger charge is 2.10. The molecule has 0 fully saturated rings. The summed E-state index contributed by atoms with van der Waals surface area (Å²) < 4.78 is 32.1. The van der Waals surface area contributed by atoms with E-state index in [0.717, 1.165) is 0 Å². The zero-order chi connectivity index (χ0) is 13.8. The monoisotopic (exact) mass is 263 g/mol. The Labute approximate surface area is 110 Å². The molecule has 0 spiro atoms. The van der Waals surface area contributed by atoms with Crippen molar-refractivity contribution in [2.45, 2.75) is 19.6 Å². The van der Waals surface area contributed by atoms with Crippen LogP contribution in [0.1, 0.15) is 24.1 Å². The van der Waals surface area contributed by atoms with E-state index in [1.807, 2.05) is 0 Å². The predicted octanol–water partition coefficient (Wildman–Crippen LogP) is 3.56. The van der Waals surface area contributed by atoms with E-state index in [9.17, 15) is 8.78 Å². The average molecular weight is 263 g/mol. The number of hydrogen-bond donors (Lipinski definition) is 1. The Morgan fingerprint density at radius 2 is 1.89 bits per heavy atom. The van der Waals surface area contributed by atoms with E-state index in [1.54, 1.807) is 25.1 Å². The Morgan fingerprint density at radius 3 is 2.58 bits per heavy atom. The Balaban J connectivity index is 2.18. The lowest BCUT2D eigenvalue weighted by molar-refractivity contribution is 0.295. The molecule has 2 N–H and O–H groups in total. The van der Waals surface area contributed by atoms with Crippen LogP contribution in [0.3, 0.4) is 0 Å². The molecule has 0 aromatic heterocycles. The van der Waals surface area contributed by atoms with Crippen molar-refractivity contribution in [2.75, 3.05) is 0 Å². The molecule has 2 aromatic rings. The molecule has 100 valence electrons. The molecule has 0 amide bonds. The predicted molar refractivity (Wildman–Crippen MR) is 69.7 cm³/mol. The number of halogens is 2. The van der Waals surface area contributed by atoms with Gasteiger partial charge in [0.25, 0.3) is 0 Å². The maximum absolute atomic E-state index is 13.5. The molecule has 2 nitrogen and oxygen atoms in total. The van der Waals surface area contributed by atoms with E-state index in [2.05, 4.69) is 0 Å². The molecule has 2 aromatic carbocycles. The number of benzene rings is 2. The van der Waals surface area contributed by atoms with Gasteiger partial charge in [0.2, 0.25) is 0 Å². The van der Waals surface area contributed by atoms with Gasteiger partial charge in [0.05, 0.1) is 0 Å². The third-order valence-corrected chi connectivity index (χ3v) is 2.80. The topological polar surface area (TPSA) is 35.2 Å². The number of rotatable bonds is 4. The Hall–Kier alpha value is -1.94. The van der Waals surface area contributed by atoms with Crippen molar-refractivity contribution in [3.05, 3.63) is 65.2 Å². The molecule has 0 aliphatic heterocycles. The van der Waals surface area contributed by atoms with Crippen molar-refractivity contribution >= 4 is 0 Å². The summed E-state index contributed by atoms with van der Waals surface area (Å²) in [5, 5.41) is 0. The quantitative estimate of drug-likeness (QED) is 0.915. The minimum atomic E-state index is -0.370. The lowest BCUT2D eigenvalue weighted by Gasteiger charge is -2.14. The zero-order valence-electron chi connectivity index (χ0n) is 10.6.